The van der Waals surface area contributed by atoms with Gasteiger partial charge < -0.3 is 15.0 Å². The van der Waals surface area contributed by atoms with E-state index >= 15 is 0 Å². The molecule has 2 heterocycles. The van der Waals surface area contributed by atoms with E-state index in [-0.39, 0.29) is 12.1 Å². The summed E-state index contributed by atoms with van der Waals surface area (Å²) in [5.74, 6) is 0. The van der Waals surface area contributed by atoms with Gasteiger partial charge in [-0.2, -0.15) is 0 Å². The standard InChI is InChI=1S/C22H29N3O2/c1-18-7-4-8-19(15-18)9-5-13-24-22(26)25(17-21-11-6-14-27-21)16-20-10-2-3-12-23-20/h2-4,7-8,10,12,15,21H,5-6,9,11,13-14,16-17H2,1H3,(H,24,26)/t21-/m0/s1. The topological polar surface area (TPSA) is 54.5 Å². The van der Waals surface area contributed by atoms with Crippen LogP contribution in [-0.4, -0.2) is 41.7 Å². The van der Waals surface area contributed by atoms with Crippen LogP contribution in [-0.2, 0) is 17.7 Å². The molecule has 1 atom stereocenters. The smallest absolute Gasteiger partial charge is 0.317 e. The molecule has 27 heavy (non-hydrogen) atoms. The van der Waals surface area contributed by atoms with E-state index in [1.54, 1.807) is 6.20 Å². The number of aromatic nitrogens is 1. The molecule has 0 spiro atoms. The van der Waals surface area contributed by atoms with Gasteiger partial charge in [0.05, 0.1) is 18.3 Å². The average molecular weight is 367 g/mol. The van der Waals surface area contributed by atoms with Crippen molar-refractivity contribution in [2.24, 2.45) is 0 Å². The van der Waals surface area contributed by atoms with Crippen LogP contribution in [0.1, 0.15) is 36.1 Å². The normalized spacial score (nSPS) is 16.3. The molecule has 1 N–H and O–H groups in total. The Hall–Kier alpha value is -2.40. The number of pyridine rings is 1. The van der Waals surface area contributed by atoms with Gasteiger partial charge in [-0.15, -0.1) is 0 Å². The van der Waals surface area contributed by atoms with Crippen molar-refractivity contribution in [3.63, 3.8) is 0 Å². The number of nitrogens with one attached hydrogen (secondary N) is 1. The van der Waals surface area contributed by atoms with Gasteiger partial charge in [0.2, 0.25) is 0 Å². The van der Waals surface area contributed by atoms with Gasteiger partial charge in [0, 0.05) is 25.9 Å². The van der Waals surface area contributed by atoms with Crippen LogP contribution in [0.15, 0.2) is 48.7 Å². The first-order valence-electron chi connectivity index (χ1n) is 9.80. The maximum atomic E-state index is 12.7. The summed E-state index contributed by atoms with van der Waals surface area (Å²) in [4.78, 5) is 18.9. The number of hydrogen-bond donors (Lipinski definition) is 1. The van der Waals surface area contributed by atoms with Crippen LogP contribution < -0.4 is 5.32 Å². The Bertz CT molecular complexity index is 715. The lowest BCUT2D eigenvalue weighted by Crippen LogP contribution is -2.43. The summed E-state index contributed by atoms with van der Waals surface area (Å²) < 4.78 is 5.72. The molecular weight excluding hydrogens is 338 g/mol. The second-order valence-electron chi connectivity index (χ2n) is 7.16. The lowest BCUT2D eigenvalue weighted by atomic mass is 10.1. The minimum Gasteiger partial charge on any atom is -0.376 e. The minimum atomic E-state index is -0.0413. The van der Waals surface area contributed by atoms with Crippen molar-refractivity contribution in [1.29, 1.82) is 0 Å². The van der Waals surface area contributed by atoms with Crippen molar-refractivity contribution in [2.45, 2.75) is 45.3 Å². The first-order chi connectivity index (χ1) is 13.2. The number of nitrogens with zero attached hydrogens (tertiary/aromatic N) is 2. The van der Waals surface area contributed by atoms with E-state index in [1.807, 2.05) is 23.1 Å². The molecule has 3 rings (SSSR count). The van der Waals surface area contributed by atoms with E-state index in [9.17, 15) is 4.79 Å². The highest BCUT2D eigenvalue weighted by molar-refractivity contribution is 5.74. The minimum absolute atomic E-state index is 0.0413. The number of rotatable bonds is 8. The zero-order valence-electron chi connectivity index (χ0n) is 16.1. The summed E-state index contributed by atoms with van der Waals surface area (Å²) in [6.07, 6.45) is 5.87. The number of carbonyl (C=O) groups excluding carboxylic acids is 1. The molecule has 1 saturated heterocycles. The van der Waals surface area contributed by atoms with Crippen LogP contribution in [0.25, 0.3) is 0 Å². The molecular formula is C22H29N3O2. The van der Waals surface area contributed by atoms with Gasteiger partial charge in [0.1, 0.15) is 0 Å². The highest BCUT2D eigenvalue weighted by atomic mass is 16.5. The molecule has 5 heteroatoms. The molecule has 0 aliphatic carbocycles. The maximum absolute atomic E-state index is 12.7. The summed E-state index contributed by atoms with van der Waals surface area (Å²) in [6, 6.07) is 14.3. The van der Waals surface area contributed by atoms with E-state index in [0.717, 1.165) is 38.0 Å². The summed E-state index contributed by atoms with van der Waals surface area (Å²) >= 11 is 0. The number of urea groups is 1. The Labute approximate surface area is 161 Å². The van der Waals surface area contributed by atoms with Crippen LogP contribution in [0.5, 0.6) is 0 Å². The summed E-state index contributed by atoms with van der Waals surface area (Å²) in [6.45, 7) is 4.67. The number of amides is 2. The van der Waals surface area contributed by atoms with E-state index in [4.69, 9.17) is 4.74 Å². The predicted octanol–water partition coefficient (Wildman–Crippen LogP) is 3.71. The maximum Gasteiger partial charge on any atom is 0.317 e. The van der Waals surface area contributed by atoms with Crippen LogP contribution in [0.2, 0.25) is 0 Å². The van der Waals surface area contributed by atoms with E-state index in [0.29, 0.717) is 19.6 Å². The van der Waals surface area contributed by atoms with Gasteiger partial charge in [-0.25, -0.2) is 4.79 Å². The molecule has 1 aromatic heterocycles. The Morgan fingerprint density at radius 2 is 2.22 bits per heavy atom. The van der Waals surface area contributed by atoms with Crippen LogP contribution in [0.4, 0.5) is 4.79 Å². The van der Waals surface area contributed by atoms with Crippen LogP contribution >= 0.6 is 0 Å². The molecule has 0 unspecified atom stereocenters. The van der Waals surface area contributed by atoms with Gasteiger partial charge in [0.25, 0.3) is 0 Å². The van der Waals surface area contributed by atoms with Crippen molar-refractivity contribution in [3.8, 4) is 0 Å². The van der Waals surface area contributed by atoms with Crippen LogP contribution in [0.3, 0.4) is 0 Å². The average Bonchev–Trinajstić information content (AvgIpc) is 3.19. The number of benzene rings is 1. The zero-order valence-corrected chi connectivity index (χ0v) is 16.1. The molecule has 0 radical (unpaired) electrons. The molecule has 144 valence electrons. The van der Waals surface area contributed by atoms with Crippen molar-refractivity contribution in [2.75, 3.05) is 19.7 Å². The number of carbonyl (C=O) groups is 1. The summed E-state index contributed by atoms with van der Waals surface area (Å²) in [5, 5.41) is 3.07. The van der Waals surface area contributed by atoms with Crippen molar-refractivity contribution < 1.29 is 9.53 Å². The van der Waals surface area contributed by atoms with Crippen molar-refractivity contribution in [3.05, 3.63) is 65.5 Å². The first-order valence-corrected chi connectivity index (χ1v) is 9.80. The third-order valence-corrected chi connectivity index (χ3v) is 4.82. The van der Waals surface area contributed by atoms with Gasteiger partial charge in [-0.3, -0.25) is 4.98 Å². The van der Waals surface area contributed by atoms with E-state index < -0.39 is 0 Å². The molecule has 5 nitrogen and oxygen atoms in total. The quantitative estimate of drug-likeness (QED) is 0.724. The predicted molar refractivity (Wildman–Crippen MR) is 107 cm³/mol. The zero-order chi connectivity index (χ0) is 18.9. The van der Waals surface area contributed by atoms with Gasteiger partial charge in [0.15, 0.2) is 0 Å². The van der Waals surface area contributed by atoms with Gasteiger partial charge in [-0.05, 0) is 50.3 Å². The Morgan fingerprint density at radius 3 is 2.96 bits per heavy atom. The highest BCUT2D eigenvalue weighted by Gasteiger charge is 2.22. The third kappa shape index (κ3) is 6.36. The summed E-state index contributed by atoms with van der Waals surface area (Å²) in [5.41, 5.74) is 3.48. The molecule has 0 saturated carbocycles. The third-order valence-electron chi connectivity index (χ3n) is 4.82. The SMILES string of the molecule is Cc1cccc(CCCNC(=O)N(Cc2ccccn2)C[C@@H]2CCCO2)c1. The van der Waals surface area contributed by atoms with E-state index in [1.165, 1.54) is 11.1 Å². The molecule has 1 aliphatic rings. The monoisotopic (exact) mass is 367 g/mol. The number of ether oxygens (including phenoxy) is 1. The Balaban J connectivity index is 1.50. The lowest BCUT2D eigenvalue weighted by Gasteiger charge is -2.25. The fourth-order valence-electron chi connectivity index (χ4n) is 3.41. The molecule has 2 aromatic rings. The summed E-state index contributed by atoms with van der Waals surface area (Å²) in [7, 11) is 0. The Kier molecular flexibility index (Phi) is 7.22. The molecule has 1 aliphatic heterocycles. The fraction of sp³-hybridized carbons (Fsp3) is 0.455. The number of aryl methyl sites for hydroxylation is 2. The fourth-order valence-corrected chi connectivity index (χ4v) is 3.41. The van der Waals surface area contributed by atoms with Gasteiger partial charge >= 0.3 is 6.03 Å². The second kappa shape index (κ2) is 10.1. The lowest BCUT2D eigenvalue weighted by molar-refractivity contribution is 0.0792. The van der Waals surface area contributed by atoms with Crippen LogP contribution in [0, 0.1) is 6.92 Å². The second-order valence-corrected chi connectivity index (χ2v) is 7.16. The number of hydrogen-bond acceptors (Lipinski definition) is 3. The first kappa shape index (κ1) is 19.4. The van der Waals surface area contributed by atoms with E-state index in [2.05, 4.69) is 41.5 Å². The highest BCUT2D eigenvalue weighted by Crippen LogP contribution is 2.15. The molecule has 1 aromatic carbocycles. The Morgan fingerprint density at radius 1 is 1.30 bits per heavy atom. The molecule has 1 fully saturated rings. The molecule has 0 bridgehead atoms. The van der Waals surface area contributed by atoms with Gasteiger partial charge in [-0.1, -0.05) is 35.9 Å². The van der Waals surface area contributed by atoms with Crippen molar-refractivity contribution >= 4 is 6.03 Å². The largest absolute Gasteiger partial charge is 0.376 e. The van der Waals surface area contributed by atoms with Crippen molar-refractivity contribution in [1.82, 2.24) is 15.2 Å². The molecule has 2 amide bonds.